The Balaban J connectivity index is 0.982. The lowest BCUT2D eigenvalue weighted by Crippen LogP contribution is -2.47. The van der Waals surface area contributed by atoms with Gasteiger partial charge in [0.05, 0.1) is 40.8 Å². The van der Waals surface area contributed by atoms with Gasteiger partial charge in [-0.25, -0.2) is 23.6 Å². The summed E-state index contributed by atoms with van der Waals surface area (Å²) in [6, 6.07) is 21.9. The van der Waals surface area contributed by atoms with Gasteiger partial charge in [-0.3, -0.25) is 4.90 Å². The second-order valence-electron chi connectivity index (χ2n) is 15.4. The summed E-state index contributed by atoms with van der Waals surface area (Å²) >= 11 is 0. The minimum absolute atomic E-state index is 0.0278. The van der Waals surface area contributed by atoms with Crippen LogP contribution in [0.15, 0.2) is 120 Å². The fourth-order valence-electron chi connectivity index (χ4n) is 7.59. The minimum Gasteiger partial charge on any atom is -0.486 e. The minimum atomic E-state index is -0.671. The first kappa shape index (κ1) is 40.8. The van der Waals surface area contributed by atoms with Gasteiger partial charge in [0, 0.05) is 50.2 Å². The van der Waals surface area contributed by atoms with E-state index in [0.29, 0.717) is 54.4 Å². The van der Waals surface area contributed by atoms with Gasteiger partial charge in [-0.2, -0.15) is 0 Å². The summed E-state index contributed by atoms with van der Waals surface area (Å²) in [6.45, 7) is 8.77. The van der Waals surface area contributed by atoms with Crippen LogP contribution in [0.4, 0.5) is 15.8 Å². The molecule has 3 aromatic carbocycles. The highest BCUT2D eigenvalue weighted by atomic mass is 19.1. The Morgan fingerprint density at radius 2 is 1.54 bits per heavy atom. The molecular formula is C47H47FN4O7. The molecule has 2 fully saturated rings. The lowest BCUT2D eigenvalue weighted by molar-refractivity contribution is -0.139. The lowest BCUT2D eigenvalue weighted by Gasteiger charge is -2.38. The molecule has 4 aliphatic rings. The van der Waals surface area contributed by atoms with E-state index in [2.05, 4.69) is 18.7 Å². The molecule has 7 rings (SSSR count). The number of esters is 1. The van der Waals surface area contributed by atoms with Gasteiger partial charge in [-0.05, 0) is 55.0 Å². The van der Waals surface area contributed by atoms with Gasteiger partial charge in [0.1, 0.15) is 43.1 Å². The van der Waals surface area contributed by atoms with Crippen molar-refractivity contribution in [2.45, 2.75) is 58.9 Å². The Morgan fingerprint density at radius 1 is 0.864 bits per heavy atom. The Morgan fingerprint density at radius 3 is 2.15 bits per heavy atom. The number of rotatable bonds is 15. The topological polar surface area (TPSA) is 109 Å². The normalized spacial score (nSPS) is 17.2. The fourth-order valence-corrected chi connectivity index (χ4v) is 7.59. The third-order valence-electron chi connectivity index (χ3n) is 11.1. The molecule has 1 aliphatic carbocycles. The fraction of sp³-hybridized carbons (Fsp3) is 0.340. The molecule has 1 atom stereocenters. The van der Waals surface area contributed by atoms with E-state index in [4.69, 9.17) is 14.2 Å². The maximum atomic E-state index is 16.0. The van der Waals surface area contributed by atoms with Gasteiger partial charge in [0.25, 0.3) is 0 Å². The third kappa shape index (κ3) is 9.33. The van der Waals surface area contributed by atoms with Crippen molar-refractivity contribution in [1.82, 2.24) is 9.80 Å². The number of ether oxygens (including phenoxy) is 3. The molecule has 0 N–H and O–H groups in total. The molecule has 304 valence electrons. The predicted octanol–water partition coefficient (Wildman–Crippen LogP) is 6.56. The molecule has 12 heteroatoms. The first-order valence-electron chi connectivity index (χ1n) is 19.9. The second kappa shape index (κ2) is 18.5. The Hall–Kier alpha value is -6.41. The van der Waals surface area contributed by atoms with E-state index in [0.717, 1.165) is 29.7 Å². The van der Waals surface area contributed by atoms with Crippen LogP contribution in [-0.2, 0) is 46.6 Å². The molecule has 0 bridgehead atoms. The van der Waals surface area contributed by atoms with Crippen LogP contribution in [0.1, 0.15) is 50.3 Å². The van der Waals surface area contributed by atoms with E-state index in [9.17, 15) is 19.2 Å². The number of nitrogens with zero attached hydrogens (tertiary/aromatic N) is 4. The van der Waals surface area contributed by atoms with Crippen molar-refractivity contribution in [2.24, 2.45) is 5.92 Å². The summed E-state index contributed by atoms with van der Waals surface area (Å²) in [6.07, 6.45) is 6.93. The second-order valence-corrected chi connectivity index (χ2v) is 15.4. The molecule has 0 aromatic heterocycles. The number of hydrogen-bond acceptors (Lipinski definition) is 11. The van der Waals surface area contributed by atoms with Crippen molar-refractivity contribution in [3.8, 4) is 0 Å². The smallest absolute Gasteiger partial charge is 0.341 e. The van der Waals surface area contributed by atoms with Crippen LogP contribution >= 0.6 is 0 Å². The molecule has 1 unspecified atom stereocenters. The maximum absolute atomic E-state index is 16.0. The molecule has 0 radical (unpaired) electrons. The van der Waals surface area contributed by atoms with E-state index >= 15 is 4.39 Å². The first-order valence-corrected chi connectivity index (χ1v) is 19.9. The average Bonchev–Trinajstić information content (AvgIpc) is 4.11. The summed E-state index contributed by atoms with van der Waals surface area (Å²) < 4.78 is 33.8. The quantitative estimate of drug-likeness (QED) is 0.0948. The first-order chi connectivity index (χ1) is 28.7. The molecular weight excluding hydrogens is 752 g/mol. The Kier molecular flexibility index (Phi) is 12.8. The molecule has 3 aliphatic heterocycles. The number of hydrogen-bond donors (Lipinski definition) is 0. The largest absolute Gasteiger partial charge is 0.486 e. The SMILES string of the molecule is CC1=C(OCc2ccccc2)C(=C=O)C=CN1C(COC(=C=O)CN1CCN(c2cc3c(cc2F)C(=C=O)C(C(=O)OCc2ccccc2)=CN3C2CC2)CC1)C(C)C. The molecule has 11 nitrogen and oxygen atoms in total. The average molecular weight is 799 g/mol. The lowest BCUT2D eigenvalue weighted by atomic mass is 9.93. The van der Waals surface area contributed by atoms with Crippen LogP contribution in [0, 0.1) is 11.7 Å². The molecule has 1 saturated carbocycles. The van der Waals surface area contributed by atoms with Crippen molar-refractivity contribution in [3.05, 3.63) is 142 Å². The number of anilines is 2. The molecule has 59 heavy (non-hydrogen) atoms. The molecule has 3 heterocycles. The highest BCUT2D eigenvalue weighted by molar-refractivity contribution is 6.16. The van der Waals surface area contributed by atoms with Crippen LogP contribution in [0.2, 0.25) is 0 Å². The van der Waals surface area contributed by atoms with E-state index in [1.54, 1.807) is 18.3 Å². The number of benzene rings is 3. The Labute approximate surface area is 343 Å². The molecule has 1 saturated heterocycles. The van der Waals surface area contributed by atoms with Gasteiger partial charge in [0.2, 0.25) is 0 Å². The molecule has 0 amide bonds. The van der Waals surface area contributed by atoms with E-state index in [-0.39, 0.29) is 61.3 Å². The van der Waals surface area contributed by atoms with Crippen molar-refractivity contribution < 1.29 is 37.8 Å². The molecule has 0 spiro atoms. The van der Waals surface area contributed by atoms with E-state index in [1.165, 1.54) is 6.07 Å². The van der Waals surface area contributed by atoms with Crippen LogP contribution < -0.4 is 9.80 Å². The Bertz CT molecular complexity index is 2290. The van der Waals surface area contributed by atoms with Gasteiger partial charge >= 0.3 is 5.97 Å². The van der Waals surface area contributed by atoms with Gasteiger partial charge in [-0.15, -0.1) is 0 Å². The monoisotopic (exact) mass is 798 g/mol. The van der Waals surface area contributed by atoms with Crippen LogP contribution in [0.25, 0.3) is 5.57 Å². The number of allylic oxidation sites excluding steroid dienone is 2. The van der Waals surface area contributed by atoms with Crippen molar-refractivity contribution in [1.29, 1.82) is 0 Å². The van der Waals surface area contributed by atoms with Gasteiger partial charge < -0.3 is 28.9 Å². The summed E-state index contributed by atoms with van der Waals surface area (Å²) in [5.74, 6) is 5.39. The van der Waals surface area contributed by atoms with Crippen LogP contribution in [0.5, 0.6) is 0 Å². The zero-order valence-electron chi connectivity index (χ0n) is 33.5. The van der Waals surface area contributed by atoms with Crippen molar-refractivity contribution >= 4 is 40.7 Å². The predicted molar refractivity (Wildman–Crippen MR) is 222 cm³/mol. The highest BCUT2D eigenvalue weighted by Crippen LogP contribution is 2.45. The highest BCUT2D eigenvalue weighted by Gasteiger charge is 2.38. The summed E-state index contributed by atoms with van der Waals surface area (Å²) in [7, 11) is 0. The van der Waals surface area contributed by atoms with E-state index in [1.807, 2.05) is 106 Å². The van der Waals surface area contributed by atoms with Crippen molar-refractivity contribution in [3.63, 3.8) is 0 Å². The number of piperazine rings is 1. The number of fused-ring (bicyclic) bond motifs is 1. The summed E-state index contributed by atoms with van der Waals surface area (Å²) in [5.41, 5.74) is 4.21. The van der Waals surface area contributed by atoms with Crippen molar-refractivity contribution in [2.75, 3.05) is 49.1 Å². The third-order valence-corrected chi connectivity index (χ3v) is 11.1. The number of carbonyl (C=O) groups is 1. The van der Waals surface area contributed by atoms with Crippen LogP contribution in [-0.4, -0.2) is 85.0 Å². The standard InChI is InChI=1S/C47H47FN4O7/c1-32(2)45(51-17-16-36(26-53)46(33(51)3)58-29-34-10-6-4-7-11-34)31-57-38(27-54)24-49-18-20-50(21-19-49)44-23-43-39(22-42(44)48)41(28-55)40(25-52(43)37-14-15-37)47(56)59-30-35-12-8-5-9-13-35/h4-13,16-17,22-23,25,32,37,45H,14-15,18-21,24,29-31H2,1-3H3. The maximum Gasteiger partial charge on any atom is 0.341 e. The summed E-state index contributed by atoms with van der Waals surface area (Å²) in [4.78, 5) is 57.6. The van der Waals surface area contributed by atoms with Gasteiger partial charge in [-0.1, -0.05) is 74.5 Å². The van der Waals surface area contributed by atoms with E-state index < -0.39 is 11.8 Å². The zero-order valence-corrected chi connectivity index (χ0v) is 33.5. The number of carbonyl (C=O) groups excluding carboxylic acids is 4. The van der Waals surface area contributed by atoms with Crippen LogP contribution in [0.3, 0.4) is 0 Å². The summed E-state index contributed by atoms with van der Waals surface area (Å²) in [5, 5.41) is 0. The number of halogens is 1. The zero-order chi connectivity index (χ0) is 41.5. The molecule has 3 aromatic rings. The van der Waals surface area contributed by atoms with Gasteiger partial charge in [0.15, 0.2) is 17.5 Å².